The van der Waals surface area contributed by atoms with Gasteiger partial charge in [-0.05, 0) is 37.1 Å². The molecule has 86 valence electrons. The van der Waals surface area contributed by atoms with Crippen molar-refractivity contribution in [3.05, 3.63) is 45.1 Å². The molecule has 0 unspecified atom stereocenters. The van der Waals surface area contributed by atoms with Crippen molar-refractivity contribution in [2.75, 3.05) is 0 Å². The maximum absolute atomic E-state index is 10.9. The van der Waals surface area contributed by atoms with Crippen LogP contribution in [-0.4, -0.2) is 16.2 Å². The third kappa shape index (κ3) is 3.10. The largest absolute Gasteiger partial charge is 0.512 e. The van der Waals surface area contributed by atoms with Crippen LogP contribution in [0.3, 0.4) is 0 Å². The van der Waals surface area contributed by atoms with Crippen molar-refractivity contribution in [3.63, 3.8) is 0 Å². The van der Waals surface area contributed by atoms with Crippen molar-refractivity contribution in [2.24, 2.45) is 0 Å². The summed E-state index contributed by atoms with van der Waals surface area (Å²) < 4.78 is 0.897. The molecule has 2 N–H and O–H groups in total. The molecule has 0 saturated carbocycles. The van der Waals surface area contributed by atoms with Gasteiger partial charge in [0.15, 0.2) is 0 Å². The average Bonchev–Trinajstić information content (AvgIpc) is 2.18. The minimum Gasteiger partial charge on any atom is -0.512 e. The van der Waals surface area contributed by atoms with Crippen LogP contribution in [0.2, 0.25) is 0 Å². The van der Waals surface area contributed by atoms with E-state index in [0.717, 1.165) is 15.6 Å². The maximum atomic E-state index is 10.9. The quantitative estimate of drug-likeness (QED) is 0.662. The van der Waals surface area contributed by atoms with E-state index in [1.54, 1.807) is 0 Å². The van der Waals surface area contributed by atoms with E-state index in [-0.39, 0.29) is 17.8 Å². The van der Waals surface area contributed by atoms with E-state index in [0.29, 0.717) is 0 Å². The third-order valence-electron chi connectivity index (χ3n) is 2.37. The molecule has 0 radical (unpaired) electrons. The van der Waals surface area contributed by atoms with Crippen molar-refractivity contribution < 1.29 is 15.0 Å². The van der Waals surface area contributed by atoms with Gasteiger partial charge in [-0.3, -0.25) is 0 Å². The molecule has 0 atom stereocenters. The van der Waals surface area contributed by atoms with Crippen molar-refractivity contribution in [3.8, 4) is 0 Å². The SMILES string of the molecule is CC(O)=C(Cc1cc(Br)ccc1C)C(=O)O. The van der Waals surface area contributed by atoms with E-state index in [1.165, 1.54) is 6.92 Å². The van der Waals surface area contributed by atoms with E-state index >= 15 is 0 Å². The Hall–Kier alpha value is -1.29. The number of carbonyl (C=O) groups is 1. The fourth-order valence-corrected chi connectivity index (χ4v) is 1.79. The van der Waals surface area contributed by atoms with Gasteiger partial charge in [0.05, 0.1) is 11.3 Å². The Morgan fingerprint density at radius 3 is 2.50 bits per heavy atom. The van der Waals surface area contributed by atoms with Gasteiger partial charge in [0.2, 0.25) is 0 Å². The van der Waals surface area contributed by atoms with Crippen LogP contribution in [0.4, 0.5) is 0 Å². The highest BCUT2D eigenvalue weighted by atomic mass is 79.9. The van der Waals surface area contributed by atoms with Gasteiger partial charge >= 0.3 is 5.97 Å². The van der Waals surface area contributed by atoms with Crippen LogP contribution in [0, 0.1) is 6.92 Å². The lowest BCUT2D eigenvalue weighted by molar-refractivity contribution is -0.132. The standard InChI is InChI=1S/C12H13BrO3/c1-7-3-4-10(13)5-9(7)6-11(8(2)14)12(15)16/h3-5,14H,6H2,1-2H3,(H,15,16). The lowest BCUT2D eigenvalue weighted by atomic mass is 10.00. The number of aryl methyl sites for hydroxylation is 1. The van der Waals surface area contributed by atoms with Gasteiger partial charge in [0.25, 0.3) is 0 Å². The highest BCUT2D eigenvalue weighted by molar-refractivity contribution is 9.10. The number of hydrogen-bond acceptors (Lipinski definition) is 2. The highest BCUT2D eigenvalue weighted by Crippen LogP contribution is 2.20. The Morgan fingerprint density at radius 1 is 1.38 bits per heavy atom. The second-order valence-electron chi connectivity index (χ2n) is 3.62. The summed E-state index contributed by atoms with van der Waals surface area (Å²) in [6, 6.07) is 5.67. The van der Waals surface area contributed by atoms with E-state index < -0.39 is 5.97 Å². The van der Waals surface area contributed by atoms with Crippen molar-refractivity contribution in [2.45, 2.75) is 20.3 Å². The predicted molar refractivity (Wildman–Crippen MR) is 65.5 cm³/mol. The summed E-state index contributed by atoms with van der Waals surface area (Å²) in [5.74, 6) is -1.23. The number of aliphatic hydroxyl groups is 1. The smallest absolute Gasteiger partial charge is 0.335 e. The van der Waals surface area contributed by atoms with Gasteiger partial charge in [0, 0.05) is 10.9 Å². The second-order valence-corrected chi connectivity index (χ2v) is 4.53. The molecule has 0 aromatic heterocycles. The predicted octanol–water partition coefficient (Wildman–Crippen LogP) is 3.22. The minimum atomic E-state index is -1.08. The van der Waals surface area contributed by atoms with Crippen LogP contribution >= 0.6 is 15.9 Å². The molecular formula is C12H13BrO3. The Kier molecular flexibility index (Phi) is 4.12. The van der Waals surface area contributed by atoms with Crippen LogP contribution in [0.15, 0.2) is 34.0 Å². The molecule has 0 spiro atoms. The summed E-state index contributed by atoms with van der Waals surface area (Å²) >= 11 is 3.33. The minimum absolute atomic E-state index is 0.0289. The number of carboxylic acids is 1. The third-order valence-corrected chi connectivity index (χ3v) is 2.87. The van der Waals surface area contributed by atoms with Crippen LogP contribution in [0.5, 0.6) is 0 Å². The molecule has 0 aliphatic rings. The van der Waals surface area contributed by atoms with Gasteiger partial charge in [0.1, 0.15) is 0 Å². The number of hydrogen-bond donors (Lipinski definition) is 2. The van der Waals surface area contributed by atoms with E-state index in [9.17, 15) is 9.90 Å². The monoisotopic (exact) mass is 284 g/mol. The summed E-state index contributed by atoms with van der Waals surface area (Å²) in [6.07, 6.45) is 0.225. The zero-order valence-electron chi connectivity index (χ0n) is 9.12. The van der Waals surface area contributed by atoms with Crippen LogP contribution in [0.1, 0.15) is 18.1 Å². The first-order chi connectivity index (χ1) is 7.41. The second kappa shape index (κ2) is 5.16. The molecule has 0 amide bonds. The molecule has 0 heterocycles. The van der Waals surface area contributed by atoms with E-state index in [2.05, 4.69) is 15.9 Å². The summed E-state index contributed by atoms with van der Waals surface area (Å²) in [7, 11) is 0. The van der Waals surface area contributed by atoms with Gasteiger partial charge in [-0.2, -0.15) is 0 Å². The Balaban J connectivity index is 3.08. The first-order valence-corrected chi connectivity index (χ1v) is 5.58. The normalized spacial score (nSPS) is 12.2. The summed E-state index contributed by atoms with van der Waals surface area (Å²) in [5, 5.41) is 18.2. The molecule has 0 saturated heterocycles. The molecule has 0 fully saturated rings. The Labute approximate surface area is 103 Å². The van der Waals surface area contributed by atoms with Crippen molar-refractivity contribution in [1.82, 2.24) is 0 Å². The van der Waals surface area contributed by atoms with Gasteiger partial charge in [-0.25, -0.2) is 4.79 Å². The number of rotatable bonds is 3. The number of aliphatic carboxylic acids is 1. The van der Waals surface area contributed by atoms with Crippen molar-refractivity contribution in [1.29, 1.82) is 0 Å². The average molecular weight is 285 g/mol. The Bertz CT molecular complexity index is 446. The fourth-order valence-electron chi connectivity index (χ4n) is 1.38. The lowest BCUT2D eigenvalue weighted by Gasteiger charge is -2.08. The fraction of sp³-hybridized carbons (Fsp3) is 0.250. The molecule has 0 aliphatic carbocycles. The number of carboxylic acid groups (broad SMARTS) is 1. The van der Waals surface area contributed by atoms with E-state index in [4.69, 9.17) is 5.11 Å². The molecular weight excluding hydrogens is 272 g/mol. The lowest BCUT2D eigenvalue weighted by Crippen LogP contribution is -2.07. The molecule has 3 nitrogen and oxygen atoms in total. The van der Waals surface area contributed by atoms with E-state index in [1.807, 2.05) is 25.1 Å². The molecule has 0 bridgehead atoms. The van der Waals surface area contributed by atoms with Crippen LogP contribution in [-0.2, 0) is 11.2 Å². The maximum Gasteiger partial charge on any atom is 0.335 e. The Morgan fingerprint density at radius 2 is 2.00 bits per heavy atom. The van der Waals surface area contributed by atoms with Crippen LogP contribution in [0.25, 0.3) is 0 Å². The summed E-state index contributed by atoms with van der Waals surface area (Å²) in [4.78, 5) is 10.9. The molecule has 1 rings (SSSR count). The van der Waals surface area contributed by atoms with Crippen molar-refractivity contribution >= 4 is 21.9 Å². The number of allylic oxidation sites excluding steroid dienone is 1. The van der Waals surface area contributed by atoms with Gasteiger partial charge in [-0.15, -0.1) is 0 Å². The topological polar surface area (TPSA) is 57.5 Å². The number of benzene rings is 1. The molecule has 16 heavy (non-hydrogen) atoms. The number of aliphatic hydroxyl groups excluding tert-OH is 1. The number of halogens is 1. The molecule has 1 aromatic carbocycles. The molecule has 4 heteroatoms. The molecule has 1 aromatic rings. The zero-order chi connectivity index (χ0) is 12.3. The highest BCUT2D eigenvalue weighted by Gasteiger charge is 2.13. The first-order valence-electron chi connectivity index (χ1n) is 4.79. The molecule has 0 aliphatic heterocycles. The first kappa shape index (κ1) is 12.8. The van der Waals surface area contributed by atoms with Gasteiger partial charge < -0.3 is 10.2 Å². The van der Waals surface area contributed by atoms with Crippen LogP contribution < -0.4 is 0 Å². The summed E-state index contributed by atoms with van der Waals surface area (Å²) in [6.45, 7) is 3.30. The summed E-state index contributed by atoms with van der Waals surface area (Å²) in [5.41, 5.74) is 1.92. The van der Waals surface area contributed by atoms with Gasteiger partial charge in [-0.1, -0.05) is 22.0 Å². The zero-order valence-corrected chi connectivity index (χ0v) is 10.7.